The Kier molecular flexibility index (Phi) is 5.96. The van der Waals surface area contributed by atoms with Crippen molar-refractivity contribution in [3.8, 4) is 11.1 Å². The third-order valence-corrected chi connectivity index (χ3v) is 7.01. The predicted octanol–water partition coefficient (Wildman–Crippen LogP) is 5.06. The van der Waals surface area contributed by atoms with Crippen LogP contribution in [0.3, 0.4) is 0 Å². The van der Waals surface area contributed by atoms with Crippen LogP contribution in [-0.4, -0.2) is 28.5 Å². The summed E-state index contributed by atoms with van der Waals surface area (Å²) >= 11 is 1.47. The second-order valence-corrected chi connectivity index (χ2v) is 9.31. The fraction of sp³-hybridized carbons (Fsp3) is 0.269. The molecule has 2 aromatic carbocycles. The van der Waals surface area contributed by atoms with Gasteiger partial charge in [0.05, 0.1) is 23.1 Å². The Labute approximate surface area is 196 Å². The number of aromatic nitrogens is 2. The quantitative estimate of drug-likeness (QED) is 0.438. The number of rotatable bonds is 6. The van der Waals surface area contributed by atoms with Gasteiger partial charge >= 0.3 is 0 Å². The molecule has 168 valence electrons. The number of carbonyl (C=O) groups excluding carboxylic acids is 1. The van der Waals surface area contributed by atoms with Crippen LogP contribution in [0.5, 0.6) is 0 Å². The number of nitrogens with one attached hydrogen (secondary N) is 1. The minimum Gasteiger partial charge on any atom is -0.370 e. The molecule has 0 spiro atoms. The summed E-state index contributed by atoms with van der Waals surface area (Å²) in [4.78, 5) is 33.5. The van der Waals surface area contributed by atoms with Gasteiger partial charge in [-0.1, -0.05) is 42.0 Å². The fourth-order valence-corrected chi connectivity index (χ4v) is 5.23. The Balaban J connectivity index is 1.34. The van der Waals surface area contributed by atoms with Gasteiger partial charge in [-0.15, -0.1) is 11.3 Å². The van der Waals surface area contributed by atoms with Gasteiger partial charge in [-0.25, -0.2) is 4.98 Å². The maximum absolute atomic E-state index is 13.2. The average molecular weight is 459 g/mol. The predicted molar refractivity (Wildman–Crippen MR) is 135 cm³/mol. The van der Waals surface area contributed by atoms with E-state index in [-0.39, 0.29) is 24.4 Å². The lowest BCUT2D eigenvalue weighted by atomic mass is 10.1. The molecule has 33 heavy (non-hydrogen) atoms. The van der Waals surface area contributed by atoms with Crippen LogP contribution in [0.2, 0.25) is 0 Å². The second-order valence-electron chi connectivity index (χ2n) is 8.45. The summed E-state index contributed by atoms with van der Waals surface area (Å²) in [5, 5.41) is 5.64. The minimum absolute atomic E-state index is 0.109. The number of amides is 1. The van der Waals surface area contributed by atoms with Gasteiger partial charge in [-0.3, -0.25) is 14.2 Å². The first kappa shape index (κ1) is 21.4. The monoisotopic (exact) mass is 458 g/mol. The Hall–Kier alpha value is -3.45. The Morgan fingerprint density at radius 1 is 1.09 bits per heavy atom. The van der Waals surface area contributed by atoms with E-state index in [1.54, 1.807) is 10.9 Å². The van der Waals surface area contributed by atoms with Crippen LogP contribution in [-0.2, 0) is 11.3 Å². The smallest absolute Gasteiger partial charge is 0.262 e. The lowest BCUT2D eigenvalue weighted by Gasteiger charge is -2.21. The van der Waals surface area contributed by atoms with Gasteiger partial charge in [0.15, 0.2) is 0 Å². The largest absolute Gasteiger partial charge is 0.370 e. The number of carbonyl (C=O) groups is 1. The number of aryl methyl sites for hydroxylation is 2. The standard InChI is InChI=1S/C26H26N4O2S/c1-18-8-10-19(11-9-18)20-16-33-25-24(20)26(32)30(17-27-25)15-12-23(31)28-21-6-2-3-7-22(21)29-13-4-5-14-29/h2-3,6-11,16-17H,4-5,12-15H2,1H3,(H,28,31). The molecule has 6 nitrogen and oxygen atoms in total. The van der Waals surface area contributed by atoms with Gasteiger partial charge in [-0.2, -0.15) is 0 Å². The van der Waals surface area contributed by atoms with Crippen LogP contribution < -0.4 is 15.8 Å². The Morgan fingerprint density at radius 2 is 1.85 bits per heavy atom. The molecule has 0 atom stereocenters. The van der Waals surface area contributed by atoms with Crippen LogP contribution >= 0.6 is 11.3 Å². The van der Waals surface area contributed by atoms with E-state index in [0.29, 0.717) is 5.39 Å². The van der Waals surface area contributed by atoms with Gasteiger partial charge in [-0.05, 0) is 37.5 Å². The number of benzene rings is 2. The summed E-state index contributed by atoms with van der Waals surface area (Å²) in [5.41, 5.74) is 4.84. The van der Waals surface area contributed by atoms with E-state index in [2.05, 4.69) is 15.2 Å². The highest BCUT2D eigenvalue weighted by atomic mass is 32.1. The van der Waals surface area contributed by atoms with Crippen molar-refractivity contribution >= 4 is 38.8 Å². The summed E-state index contributed by atoms with van der Waals surface area (Å²) in [6.45, 7) is 4.34. The molecule has 2 aromatic heterocycles. The van der Waals surface area contributed by atoms with Gasteiger partial charge < -0.3 is 10.2 Å². The van der Waals surface area contributed by atoms with E-state index in [1.165, 1.54) is 29.7 Å². The molecule has 1 N–H and O–H groups in total. The van der Waals surface area contributed by atoms with Crippen molar-refractivity contribution in [2.75, 3.05) is 23.3 Å². The van der Waals surface area contributed by atoms with Gasteiger partial charge in [0.25, 0.3) is 5.56 Å². The lowest BCUT2D eigenvalue weighted by Crippen LogP contribution is -2.24. The number of nitrogens with zero attached hydrogens (tertiary/aromatic N) is 3. The molecular formula is C26H26N4O2S. The molecule has 0 unspecified atom stereocenters. The number of hydrogen-bond acceptors (Lipinski definition) is 5. The first-order valence-corrected chi connectivity index (χ1v) is 12.2. The molecule has 0 aliphatic carbocycles. The van der Waals surface area contributed by atoms with E-state index in [4.69, 9.17) is 0 Å². The van der Waals surface area contributed by atoms with E-state index in [1.807, 2.05) is 60.8 Å². The topological polar surface area (TPSA) is 67.2 Å². The zero-order valence-corrected chi connectivity index (χ0v) is 19.4. The van der Waals surface area contributed by atoms with Crippen molar-refractivity contribution in [2.24, 2.45) is 0 Å². The van der Waals surface area contributed by atoms with Crippen molar-refractivity contribution in [3.63, 3.8) is 0 Å². The van der Waals surface area contributed by atoms with Crippen LogP contribution in [0.15, 0.2) is 65.0 Å². The molecule has 5 rings (SSSR count). The highest BCUT2D eigenvalue weighted by molar-refractivity contribution is 7.17. The molecule has 1 aliphatic heterocycles. The molecule has 3 heterocycles. The number of thiophene rings is 1. The zero-order chi connectivity index (χ0) is 22.8. The molecule has 1 fully saturated rings. The van der Waals surface area contributed by atoms with Crippen LogP contribution in [0.25, 0.3) is 21.3 Å². The van der Waals surface area contributed by atoms with E-state index < -0.39 is 0 Å². The van der Waals surface area contributed by atoms with Crippen molar-refractivity contribution < 1.29 is 4.79 Å². The van der Waals surface area contributed by atoms with Crippen LogP contribution in [0.1, 0.15) is 24.8 Å². The number of para-hydroxylation sites is 2. The Morgan fingerprint density at radius 3 is 2.64 bits per heavy atom. The van der Waals surface area contributed by atoms with E-state index in [9.17, 15) is 9.59 Å². The minimum atomic E-state index is -0.113. The molecule has 4 aromatic rings. The Bertz CT molecular complexity index is 1350. The maximum atomic E-state index is 13.2. The van der Waals surface area contributed by atoms with E-state index >= 15 is 0 Å². The third kappa shape index (κ3) is 4.41. The second kappa shape index (κ2) is 9.19. The van der Waals surface area contributed by atoms with Crippen molar-refractivity contribution in [2.45, 2.75) is 32.7 Å². The summed E-state index contributed by atoms with van der Waals surface area (Å²) < 4.78 is 1.54. The van der Waals surface area contributed by atoms with Crippen LogP contribution in [0.4, 0.5) is 11.4 Å². The number of anilines is 2. The molecular weight excluding hydrogens is 432 g/mol. The van der Waals surface area contributed by atoms with Crippen LogP contribution in [0, 0.1) is 6.92 Å². The number of fused-ring (bicyclic) bond motifs is 1. The molecule has 1 amide bonds. The average Bonchev–Trinajstić information content (AvgIpc) is 3.50. The number of hydrogen-bond donors (Lipinski definition) is 1. The highest BCUT2D eigenvalue weighted by Gasteiger charge is 2.17. The third-order valence-electron chi connectivity index (χ3n) is 6.13. The van der Waals surface area contributed by atoms with Gasteiger partial charge in [0.1, 0.15) is 4.83 Å². The lowest BCUT2D eigenvalue weighted by molar-refractivity contribution is -0.116. The summed E-state index contributed by atoms with van der Waals surface area (Å²) in [7, 11) is 0. The summed E-state index contributed by atoms with van der Waals surface area (Å²) in [6.07, 6.45) is 4.10. The first-order chi connectivity index (χ1) is 16.1. The molecule has 0 saturated carbocycles. The fourth-order valence-electron chi connectivity index (χ4n) is 4.32. The molecule has 1 aliphatic rings. The molecule has 0 radical (unpaired) electrons. The SMILES string of the molecule is Cc1ccc(-c2csc3ncn(CCC(=O)Nc4ccccc4N4CCCC4)c(=O)c23)cc1. The zero-order valence-electron chi connectivity index (χ0n) is 18.6. The summed E-state index contributed by atoms with van der Waals surface area (Å²) in [5.74, 6) is -0.113. The van der Waals surface area contributed by atoms with Crippen molar-refractivity contribution in [1.29, 1.82) is 0 Å². The normalized spacial score (nSPS) is 13.5. The highest BCUT2D eigenvalue weighted by Crippen LogP contribution is 2.31. The molecule has 1 saturated heterocycles. The maximum Gasteiger partial charge on any atom is 0.262 e. The van der Waals surface area contributed by atoms with Gasteiger partial charge in [0, 0.05) is 37.0 Å². The first-order valence-electron chi connectivity index (χ1n) is 11.3. The molecule has 0 bridgehead atoms. The summed E-state index contributed by atoms with van der Waals surface area (Å²) in [6, 6.07) is 16.0. The molecule has 7 heteroatoms. The van der Waals surface area contributed by atoms with Gasteiger partial charge in [0.2, 0.25) is 5.91 Å². The van der Waals surface area contributed by atoms with Crippen molar-refractivity contribution in [3.05, 3.63) is 76.2 Å². The van der Waals surface area contributed by atoms with Crippen molar-refractivity contribution in [1.82, 2.24) is 9.55 Å². The van der Waals surface area contributed by atoms with E-state index in [0.717, 1.165) is 40.4 Å².